The molecule has 9 heteroatoms. The van der Waals surface area contributed by atoms with E-state index in [0.717, 1.165) is 51.4 Å². The molecule has 8 nitrogen and oxygen atoms in total. The van der Waals surface area contributed by atoms with E-state index in [9.17, 15) is 19.4 Å². The van der Waals surface area contributed by atoms with E-state index in [1.807, 2.05) is 0 Å². The standard InChI is InChI=1S/C35H69N2O6P/c1-3-5-7-9-11-12-13-14-15-16-17-18-19-20-21-23-25-27-29-35(39)37-33(32-43-44(40,41)42-31-30-36)34(38)28-26-24-22-10-8-6-4-2/h12-13,15-16,33-34,38H,3-11,14,17-32,36H2,1-2H3,(H,37,39)(H,40,41)/b13-12-,16-15-. The zero-order chi connectivity index (χ0) is 32.6. The molecule has 0 aliphatic heterocycles. The molecule has 0 rings (SSSR count). The van der Waals surface area contributed by atoms with Crippen molar-refractivity contribution in [2.24, 2.45) is 5.73 Å². The van der Waals surface area contributed by atoms with Crippen molar-refractivity contribution in [3.8, 4) is 0 Å². The lowest BCUT2D eigenvalue weighted by molar-refractivity contribution is -0.123. The van der Waals surface area contributed by atoms with Gasteiger partial charge in [-0.1, -0.05) is 134 Å². The minimum absolute atomic E-state index is 0.0870. The molecule has 0 fully saturated rings. The van der Waals surface area contributed by atoms with Gasteiger partial charge in [0.1, 0.15) is 0 Å². The number of carbonyl (C=O) groups excluding carboxylic acids is 1. The number of hydrogen-bond acceptors (Lipinski definition) is 6. The maximum atomic E-state index is 12.6. The van der Waals surface area contributed by atoms with E-state index >= 15 is 0 Å². The Morgan fingerprint density at radius 1 is 0.750 bits per heavy atom. The van der Waals surface area contributed by atoms with Crippen molar-refractivity contribution < 1.29 is 28.4 Å². The smallest absolute Gasteiger partial charge is 0.391 e. The molecule has 0 saturated heterocycles. The average Bonchev–Trinajstić information content (AvgIpc) is 3.01. The van der Waals surface area contributed by atoms with Gasteiger partial charge >= 0.3 is 7.82 Å². The van der Waals surface area contributed by atoms with Gasteiger partial charge in [0.15, 0.2) is 0 Å². The molecule has 0 saturated carbocycles. The number of aliphatic hydroxyl groups excluding tert-OH is 1. The Morgan fingerprint density at radius 2 is 1.25 bits per heavy atom. The Morgan fingerprint density at radius 3 is 1.82 bits per heavy atom. The first-order valence-electron chi connectivity index (χ1n) is 18.0. The Labute approximate surface area is 270 Å². The van der Waals surface area contributed by atoms with Crippen LogP contribution in [0.5, 0.6) is 0 Å². The number of allylic oxidation sites excluding steroid dienone is 4. The number of nitrogens with one attached hydrogen (secondary N) is 1. The molecule has 3 atom stereocenters. The molecule has 0 aromatic heterocycles. The number of phosphoric ester groups is 1. The fourth-order valence-electron chi connectivity index (χ4n) is 5.05. The number of amides is 1. The molecule has 0 heterocycles. The van der Waals surface area contributed by atoms with Crippen molar-refractivity contribution in [2.75, 3.05) is 19.8 Å². The van der Waals surface area contributed by atoms with Gasteiger partial charge in [-0.2, -0.15) is 0 Å². The first-order valence-corrected chi connectivity index (χ1v) is 19.4. The zero-order valence-corrected chi connectivity index (χ0v) is 29.3. The molecule has 0 spiro atoms. The molecule has 260 valence electrons. The van der Waals surface area contributed by atoms with Crippen molar-refractivity contribution in [1.82, 2.24) is 5.32 Å². The topological polar surface area (TPSA) is 131 Å². The summed E-state index contributed by atoms with van der Waals surface area (Å²) >= 11 is 0. The molecular formula is C35H69N2O6P. The van der Waals surface area contributed by atoms with Crippen LogP contribution in [0.4, 0.5) is 0 Å². The lowest BCUT2D eigenvalue weighted by Crippen LogP contribution is -2.46. The van der Waals surface area contributed by atoms with Crippen molar-refractivity contribution in [3.05, 3.63) is 24.3 Å². The largest absolute Gasteiger partial charge is 0.472 e. The maximum Gasteiger partial charge on any atom is 0.472 e. The minimum Gasteiger partial charge on any atom is -0.391 e. The molecule has 44 heavy (non-hydrogen) atoms. The fourth-order valence-corrected chi connectivity index (χ4v) is 5.81. The lowest BCUT2D eigenvalue weighted by atomic mass is 10.0. The van der Waals surface area contributed by atoms with E-state index in [2.05, 4.69) is 43.5 Å². The summed E-state index contributed by atoms with van der Waals surface area (Å²) in [5.74, 6) is -0.175. The van der Waals surface area contributed by atoms with Crippen LogP contribution in [0.25, 0.3) is 0 Å². The predicted molar refractivity (Wildman–Crippen MR) is 185 cm³/mol. The van der Waals surface area contributed by atoms with Gasteiger partial charge in [0.2, 0.25) is 5.91 Å². The zero-order valence-electron chi connectivity index (χ0n) is 28.4. The van der Waals surface area contributed by atoms with Crippen LogP contribution in [0.3, 0.4) is 0 Å². The predicted octanol–water partition coefficient (Wildman–Crippen LogP) is 9.05. The van der Waals surface area contributed by atoms with Gasteiger partial charge in [0, 0.05) is 13.0 Å². The number of hydrogen-bond donors (Lipinski definition) is 4. The molecule has 0 aromatic rings. The summed E-state index contributed by atoms with van der Waals surface area (Å²) < 4.78 is 22.0. The summed E-state index contributed by atoms with van der Waals surface area (Å²) in [5, 5.41) is 13.6. The van der Waals surface area contributed by atoms with E-state index in [0.29, 0.717) is 12.8 Å². The summed E-state index contributed by atoms with van der Waals surface area (Å²) in [6.07, 6.45) is 33.4. The summed E-state index contributed by atoms with van der Waals surface area (Å²) in [7, 11) is -4.30. The molecule has 0 aromatic carbocycles. The third kappa shape index (κ3) is 29.7. The monoisotopic (exact) mass is 644 g/mol. The van der Waals surface area contributed by atoms with Gasteiger partial charge in [0.05, 0.1) is 25.4 Å². The molecular weight excluding hydrogens is 575 g/mol. The normalized spacial score (nSPS) is 14.8. The summed E-state index contributed by atoms with van der Waals surface area (Å²) in [5.41, 5.74) is 5.34. The first kappa shape index (κ1) is 43.0. The number of aliphatic hydroxyl groups is 1. The van der Waals surface area contributed by atoms with Crippen LogP contribution in [0, 0.1) is 0 Å². The van der Waals surface area contributed by atoms with Gasteiger partial charge in [0.25, 0.3) is 0 Å². The number of unbranched alkanes of at least 4 members (excludes halogenated alkanes) is 17. The summed E-state index contributed by atoms with van der Waals surface area (Å²) in [4.78, 5) is 22.5. The van der Waals surface area contributed by atoms with E-state index in [4.69, 9.17) is 14.8 Å². The molecule has 0 bridgehead atoms. The first-order chi connectivity index (χ1) is 21.4. The lowest BCUT2D eigenvalue weighted by Gasteiger charge is -2.25. The van der Waals surface area contributed by atoms with Crippen LogP contribution in [0.1, 0.15) is 162 Å². The Bertz CT molecular complexity index is 749. The van der Waals surface area contributed by atoms with Crippen molar-refractivity contribution >= 4 is 13.7 Å². The number of carbonyl (C=O) groups is 1. The van der Waals surface area contributed by atoms with Crippen LogP contribution < -0.4 is 11.1 Å². The van der Waals surface area contributed by atoms with Gasteiger partial charge in [-0.05, 0) is 44.9 Å². The van der Waals surface area contributed by atoms with Gasteiger partial charge in [-0.15, -0.1) is 0 Å². The molecule has 0 aliphatic carbocycles. The maximum absolute atomic E-state index is 12.6. The van der Waals surface area contributed by atoms with Crippen molar-refractivity contribution in [3.63, 3.8) is 0 Å². The second kappa shape index (κ2) is 31.9. The Balaban J connectivity index is 4.16. The highest BCUT2D eigenvalue weighted by Gasteiger charge is 2.27. The van der Waals surface area contributed by atoms with Crippen LogP contribution >= 0.6 is 7.82 Å². The second-order valence-electron chi connectivity index (χ2n) is 12.1. The molecule has 1 amide bonds. The number of phosphoric acid groups is 1. The van der Waals surface area contributed by atoms with E-state index in [1.54, 1.807) is 0 Å². The van der Waals surface area contributed by atoms with Crippen LogP contribution in [-0.4, -0.2) is 47.8 Å². The summed E-state index contributed by atoms with van der Waals surface area (Å²) in [6, 6.07) is -0.773. The van der Waals surface area contributed by atoms with Gasteiger partial charge in [-0.3, -0.25) is 13.8 Å². The van der Waals surface area contributed by atoms with Crippen molar-refractivity contribution in [2.45, 2.75) is 174 Å². The van der Waals surface area contributed by atoms with Crippen LogP contribution in [0.2, 0.25) is 0 Å². The fraction of sp³-hybridized carbons (Fsp3) is 0.857. The van der Waals surface area contributed by atoms with Crippen LogP contribution in [0.15, 0.2) is 24.3 Å². The van der Waals surface area contributed by atoms with E-state index in [-0.39, 0.29) is 25.7 Å². The number of rotatable bonds is 33. The quantitative estimate of drug-likeness (QED) is 0.0318. The van der Waals surface area contributed by atoms with Gasteiger partial charge in [-0.25, -0.2) is 4.57 Å². The summed E-state index contributed by atoms with van der Waals surface area (Å²) in [6.45, 7) is 4.11. The third-order valence-corrected chi connectivity index (χ3v) is 8.79. The highest BCUT2D eigenvalue weighted by Crippen LogP contribution is 2.43. The minimum atomic E-state index is -4.30. The molecule has 0 aliphatic rings. The molecule has 3 unspecified atom stereocenters. The highest BCUT2D eigenvalue weighted by atomic mass is 31.2. The highest BCUT2D eigenvalue weighted by molar-refractivity contribution is 7.47. The van der Waals surface area contributed by atoms with Gasteiger partial charge < -0.3 is 21.1 Å². The number of nitrogens with two attached hydrogens (primary N) is 1. The molecule has 0 radical (unpaired) electrons. The van der Waals surface area contributed by atoms with Crippen LogP contribution in [-0.2, 0) is 18.4 Å². The second-order valence-corrected chi connectivity index (χ2v) is 13.5. The van der Waals surface area contributed by atoms with E-state index in [1.165, 1.54) is 83.5 Å². The molecule has 5 N–H and O–H groups in total. The third-order valence-electron chi connectivity index (χ3n) is 7.81. The Hall–Kier alpha value is -1.02. The average molecular weight is 645 g/mol. The van der Waals surface area contributed by atoms with E-state index < -0.39 is 20.0 Å². The SMILES string of the molecule is CCCCCC/C=C\C/C=C\CCCCCCCCCC(=O)NC(COP(=O)(O)OCCN)C(O)CCCCCCCCC. The van der Waals surface area contributed by atoms with Crippen molar-refractivity contribution in [1.29, 1.82) is 0 Å². The Kier molecular flexibility index (Phi) is 31.2.